The van der Waals surface area contributed by atoms with Crippen LogP contribution in [0.15, 0.2) is 23.2 Å². The molecule has 2 aliphatic heterocycles. The third-order valence-corrected chi connectivity index (χ3v) is 6.79. The first-order chi connectivity index (χ1) is 13.9. The maximum atomic E-state index is 11.1. The van der Waals surface area contributed by atoms with Gasteiger partial charge in [-0.3, -0.25) is 4.99 Å². The quantitative estimate of drug-likeness (QED) is 0.405. The standard InChI is InChI=1S/C17H18N2O8S2/c20-4-9-11(21)12(22)13(23)17(27-9)26-6-1-2-7-10(3-6)29-15(18-7)14-19-8(5-28-14)16(24)25/h1-3,8-9,11-13,17,20-23H,4-5H2,(H,24,25)/t8-,9+,11-,12-,13+,17+/m0/s1. The van der Waals surface area contributed by atoms with Gasteiger partial charge >= 0.3 is 5.97 Å². The highest BCUT2D eigenvalue weighted by atomic mass is 32.2. The second kappa shape index (κ2) is 8.14. The smallest absolute Gasteiger partial charge is 0.329 e. The topological polar surface area (TPSA) is 162 Å². The molecule has 29 heavy (non-hydrogen) atoms. The Morgan fingerprint density at radius 1 is 1.24 bits per heavy atom. The van der Waals surface area contributed by atoms with Gasteiger partial charge in [0.15, 0.2) is 6.04 Å². The number of benzene rings is 1. The number of thioether (sulfide) groups is 1. The number of fused-ring (bicyclic) bond motifs is 1. The molecule has 12 heteroatoms. The zero-order chi connectivity index (χ0) is 20.7. The van der Waals surface area contributed by atoms with E-state index in [4.69, 9.17) is 14.6 Å². The predicted molar refractivity (Wildman–Crippen MR) is 104 cm³/mol. The van der Waals surface area contributed by atoms with Crippen LogP contribution in [0.5, 0.6) is 5.75 Å². The number of rotatable bonds is 5. The van der Waals surface area contributed by atoms with E-state index in [9.17, 15) is 25.2 Å². The molecule has 5 N–H and O–H groups in total. The lowest BCUT2D eigenvalue weighted by molar-refractivity contribution is -0.277. The van der Waals surface area contributed by atoms with Crippen molar-refractivity contribution in [1.82, 2.24) is 4.98 Å². The number of carboxylic acids is 1. The summed E-state index contributed by atoms with van der Waals surface area (Å²) in [6, 6.07) is 4.21. The molecule has 6 atom stereocenters. The van der Waals surface area contributed by atoms with Crippen molar-refractivity contribution >= 4 is 44.3 Å². The molecule has 0 spiro atoms. The molecule has 0 amide bonds. The Hall–Kier alpha value is -1.80. The summed E-state index contributed by atoms with van der Waals surface area (Å²) in [5.74, 6) is -0.267. The summed E-state index contributed by atoms with van der Waals surface area (Å²) in [5.41, 5.74) is 0.674. The number of aliphatic hydroxyl groups excluding tert-OH is 4. The molecule has 0 unspecified atom stereocenters. The number of aliphatic hydroxyl groups is 4. The molecule has 2 aromatic rings. The van der Waals surface area contributed by atoms with Gasteiger partial charge in [-0.15, -0.1) is 23.1 Å². The lowest BCUT2D eigenvalue weighted by Crippen LogP contribution is -2.60. The maximum Gasteiger partial charge on any atom is 0.329 e. The summed E-state index contributed by atoms with van der Waals surface area (Å²) in [5, 5.41) is 49.3. The van der Waals surface area contributed by atoms with E-state index in [0.29, 0.717) is 27.1 Å². The molecule has 0 saturated carbocycles. The van der Waals surface area contributed by atoms with Gasteiger partial charge in [-0.25, -0.2) is 9.78 Å². The first-order valence-corrected chi connectivity index (χ1v) is 10.5. The van der Waals surface area contributed by atoms with E-state index in [1.807, 2.05) is 0 Å². The second-order valence-electron chi connectivity index (χ2n) is 6.56. The summed E-state index contributed by atoms with van der Waals surface area (Å²) >= 11 is 2.66. The average molecular weight is 442 g/mol. The Labute approximate surface area is 172 Å². The van der Waals surface area contributed by atoms with Gasteiger partial charge in [0.05, 0.1) is 16.8 Å². The molecule has 1 saturated heterocycles. The monoisotopic (exact) mass is 442 g/mol. The number of ether oxygens (including phenoxy) is 2. The van der Waals surface area contributed by atoms with E-state index in [-0.39, 0.29) is 0 Å². The van der Waals surface area contributed by atoms with E-state index in [1.165, 1.54) is 23.1 Å². The van der Waals surface area contributed by atoms with Crippen LogP contribution in [0.4, 0.5) is 0 Å². The maximum absolute atomic E-state index is 11.1. The molecule has 0 aliphatic carbocycles. The van der Waals surface area contributed by atoms with Crippen LogP contribution in [0, 0.1) is 0 Å². The predicted octanol–water partition coefficient (Wildman–Crippen LogP) is -0.578. The largest absolute Gasteiger partial charge is 0.480 e. The molecule has 10 nitrogen and oxygen atoms in total. The number of thiazole rings is 1. The highest BCUT2D eigenvalue weighted by molar-refractivity contribution is 8.15. The Morgan fingerprint density at radius 3 is 2.72 bits per heavy atom. The van der Waals surface area contributed by atoms with Crippen LogP contribution < -0.4 is 4.74 Å². The molecule has 0 radical (unpaired) electrons. The summed E-state index contributed by atoms with van der Waals surface area (Å²) in [7, 11) is 0. The number of carbonyl (C=O) groups is 1. The minimum atomic E-state index is -1.52. The average Bonchev–Trinajstić information content (AvgIpc) is 3.35. The molecule has 156 valence electrons. The van der Waals surface area contributed by atoms with Crippen LogP contribution in [0.3, 0.4) is 0 Å². The van der Waals surface area contributed by atoms with Crippen molar-refractivity contribution in [1.29, 1.82) is 0 Å². The van der Waals surface area contributed by atoms with Crippen molar-refractivity contribution in [2.45, 2.75) is 36.7 Å². The van der Waals surface area contributed by atoms with Crippen LogP contribution in [0.1, 0.15) is 5.01 Å². The van der Waals surface area contributed by atoms with Crippen molar-refractivity contribution in [3.63, 3.8) is 0 Å². The number of aliphatic carboxylic acids is 1. The minimum Gasteiger partial charge on any atom is -0.480 e. The fourth-order valence-corrected chi connectivity index (χ4v) is 5.08. The molecule has 2 aliphatic rings. The molecule has 4 rings (SSSR count). The fourth-order valence-electron chi connectivity index (χ4n) is 2.99. The van der Waals surface area contributed by atoms with E-state index in [1.54, 1.807) is 18.2 Å². The molecular weight excluding hydrogens is 424 g/mol. The minimum absolute atomic E-state index is 0.335. The van der Waals surface area contributed by atoms with Crippen LogP contribution >= 0.6 is 23.1 Å². The van der Waals surface area contributed by atoms with Gasteiger partial charge < -0.3 is 35.0 Å². The van der Waals surface area contributed by atoms with Gasteiger partial charge in [-0.1, -0.05) is 0 Å². The number of aliphatic imine (C=N–C) groups is 1. The molecule has 1 fully saturated rings. The van der Waals surface area contributed by atoms with E-state index in [2.05, 4.69) is 9.98 Å². The molecule has 1 aromatic heterocycles. The molecule has 1 aromatic carbocycles. The summed E-state index contributed by atoms with van der Waals surface area (Å²) in [4.78, 5) is 19.7. The Bertz CT molecular complexity index is 949. The third-order valence-electron chi connectivity index (χ3n) is 4.58. The van der Waals surface area contributed by atoms with E-state index < -0.39 is 49.3 Å². The summed E-state index contributed by atoms with van der Waals surface area (Å²) in [6.07, 6.45) is -6.82. The van der Waals surface area contributed by atoms with Crippen molar-refractivity contribution in [3.05, 3.63) is 23.2 Å². The van der Waals surface area contributed by atoms with Gasteiger partial charge in [0.1, 0.15) is 40.2 Å². The Balaban J connectivity index is 1.54. The molecular formula is C17H18N2O8S2. The lowest BCUT2D eigenvalue weighted by atomic mass is 9.99. The van der Waals surface area contributed by atoms with Crippen molar-refractivity contribution in [2.24, 2.45) is 4.99 Å². The fraction of sp³-hybridized carbons (Fsp3) is 0.471. The van der Waals surface area contributed by atoms with E-state index >= 15 is 0 Å². The number of nitrogens with zero attached hydrogens (tertiary/aromatic N) is 2. The normalized spacial score (nSPS) is 32.3. The van der Waals surface area contributed by atoms with Crippen molar-refractivity contribution in [2.75, 3.05) is 12.4 Å². The second-order valence-corrected chi connectivity index (χ2v) is 8.60. The molecule has 3 heterocycles. The zero-order valence-corrected chi connectivity index (χ0v) is 16.4. The van der Waals surface area contributed by atoms with Crippen molar-refractivity contribution in [3.8, 4) is 5.75 Å². The number of carboxylic acid groups (broad SMARTS) is 1. The molecule has 0 bridgehead atoms. The van der Waals surface area contributed by atoms with Gasteiger partial charge in [-0.2, -0.15) is 0 Å². The van der Waals surface area contributed by atoms with Crippen LogP contribution in [-0.4, -0.2) is 90.6 Å². The highest BCUT2D eigenvalue weighted by Gasteiger charge is 2.44. The first kappa shape index (κ1) is 20.5. The highest BCUT2D eigenvalue weighted by Crippen LogP contribution is 2.32. The Kier molecular flexibility index (Phi) is 5.75. The van der Waals surface area contributed by atoms with Gasteiger partial charge in [0, 0.05) is 5.75 Å². The third kappa shape index (κ3) is 3.97. The number of aromatic nitrogens is 1. The van der Waals surface area contributed by atoms with Gasteiger partial charge in [-0.05, 0) is 18.2 Å². The van der Waals surface area contributed by atoms with Gasteiger partial charge in [0.2, 0.25) is 6.29 Å². The summed E-state index contributed by atoms with van der Waals surface area (Å²) < 4.78 is 11.7. The number of hydrogen-bond acceptors (Lipinski definition) is 11. The Morgan fingerprint density at radius 2 is 2.03 bits per heavy atom. The van der Waals surface area contributed by atoms with E-state index in [0.717, 1.165) is 4.70 Å². The number of hydrogen-bond donors (Lipinski definition) is 5. The van der Waals surface area contributed by atoms with Crippen LogP contribution in [0.2, 0.25) is 0 Å². The van der Waals surface area contributed by atoms with Crippen LogP contribution in [0.25, 0.3) is 10.2 Å². The van der Waals surface area contributed by atoms with Crippen molar-refractivity contribution < 1.29 is 39.8 Å². The zero-order valence-electron chi connectivity index (χ0n) is 14.8. The lowest BCUT2D eigenvalue weighted by Gasteiger charge is -2.39. The first-order valence-electron chi connectivity index (χ1n) is 8.69. The van der Waals surface area contributed by atoms with Gasteiger partial charge in [0.25, 0.3) is 0 Å². The SMILES string of the molecule is O=C(O)[C@@H]1CSC(c2nc3ccc(O[C@@H]4O[C@H](CO)[C@H](O)[C@H](O)[C@H]4O)cc3s2)=N1. The summed E-state index contributed by atoms with van der Waals surface area (Å²) in [6.45, 7) is -0.542. The van der Waals surface area contributed by atoms with Crippen LogP contribution in [-0.2, 0) is 9.53 Å².